The molecule has 3 heterocycles. The van der Waals surface area contributed by atoms with E-state index in [0.717, 1.165) is 38.3 Å². The number of ether oxygens (including phenoxy) is 3. The number of aromatic nitrogens is 1. The number of rotatable bonds is 5. The molecule has 130 valence electrons. The van der Waals surface area contributed by atoms with Crippen LogP contribution in [0.2, 0.25) is 0 Å². The third kappa shape index (κ3) is 3.94. The van der Waals surface area contributed by atoms with Gasteiger partial charge in [0.05, 0.1) is 36.6 Å². The van der Waals surface area contributed by atoms with Gasteiger partial charge in [0.15, 0.2) is 5.79 Å². The molecule has 1 N–H and O–H groups in total. The molecule has 0 bridgehead atoms. The Bertz CT molecular complexity index is 526. The van der Waals surface area contributed by atoms with E-state index < -0.39 is 0 Å². The Kier molecular flexibility index (Phi) is 5.38. The molecule has 2 unspecified atom stereocenters. The molecule has 2 atom stereocenters. The van der Waals surface area contributed by atoms with Crippen LogP contribution in [0.15, 0.2) is 0 Å². The zero-order valence-corrected chi connectivity index (χ0v) is 15.4. The molecule has 0 saturated carbocycles. The molecular weight excluding hydrogens is 312 g/mol. The van der Waals surface area contributed by atoms with E-state index in [9.17, 15) is 0 Å². The Balaban J connectivity index is 1.52. The smallest absolute Gasteiger partial charge is 0.173 e. The minimum absolute atomic E-state index is 0.119. The van der Waals surface area contributed by atoms with Crippen LogP contribution in [0.3, 0.4) is 0 Å². The van der Waals surface area contributed by atoms with Crippen molar-refractivity contribution in [3.8, 4) is 0 Å². The second-order valence-corrected chi connectivity index (χ2v) is 7.92. The average Bonchev–Trinajstić information content (AvgIpc) is 3.10. The highest BCUT2D eigenvalue weighted by molar-refractivity contribution is 7.11. The lowest BCUT2D eigenvalue weighted by molar-refractivity contribution is -0.210. The molecule has 1 aromatic heterocycles. The van der Waals surface area contributed by atoms with Gasteiger partial charge in [-0.15, -0.1) is 11.3 Å². The monoisotopic (exact) mass is 340 g/mol. The standard InChI is InChI=1S/C17H28N2O3S/c1-11(2)16-19-13(4)15(23-16)12(3)18-9-14-10-21-17(22-14)5-7-20-8-6-17/h11-12,14,18H,5-10H2,1-4H3. The van der Waals surface area contributed by atoms with Gasteiger partial charge >= 0.3 is 0 Å². The maximum Gasteiger partial charge on any atom is 0.173 e. The van der Waals surface area contributed by atoms with Crippen LogP contribution < -0.4 is 5.32 Å². The molecule has 23 heavy (non-hydrogen) atoms. The third-order valence-corrected chi connectivity index (χ3v) is 6.20. The lowest BCUT2D eigenvalue weighted by Gasteiger charge is -2.31. The van der Waals surface area contributed by atoms with Crippen molar-refractivity contribution in [2.24, 2.45) is 0 Å². The molecule has 2 aliphatic rings. The summed E-state index contributed by atoms with van der Waals surface area (Å²) in [5, 5.41) is 4.81. The maximum atomic E-state index is 6.17. The Hall–Kier alpha value is -0.530. The Morgan fingerprint density at radius 2 is 2.04 bits per heavy atom. The van der Waals surface area contributed by atoms with Crippen LogP contribution in [-0.2, 0) is 14.2 Å². The Morgan fingerprint density at radius 3 is 2.70 bits per heavy atom. The van der Waals surface area contributed by atoms with E-state index in [1.54, 1.807) is 0 Å². The zero-order chi connectivity index (χ0) is 16.4. The summed E-state index contributed by atoms with van der Waals surface area (Å²) in [6, 6.07) is 0.287. The van der Waals surface area contributed by atoms with Crippen molar-refractivity contribution in [2.75, 3.05) is 26.4 Å². The molecule has 0 radical (unpaired) electrons. The zero-order valence-electron chi connectivity index (χ0n) is 14.6. The highest BCUT2D eigenvalue weighted by Gasteiger charge is 2.42. The first-order valence-electron chi connectivity index (χ1n) is 8.59. The summed E-state index contributed by atoms with van der Waals surface area (Å²) in [7, 11) is 0. The molecule has 2 aliphatic heterocycles. The highest BCUT2D eigenvalue weighted by Crippen LogP contribution is 2.33. The first kappa shape index (κ1) is 17.3. The third-order valence-electron chi connectivity index (χ3n) is 4.56. The van der Waals surface area contributed by atoms with Crippen LogP contribution in [0.25, 0.3) is 0 Å². The van der Waals surface area contributed by atoms with Crippen molar-refractivity contribution in [3.63, 3.8) is 0 Å². The fraction of sp³-hybridized carbons (Fsp3) is 0.824. The topological polar surface area (TPSA) is 52.6 Å². The molecule has 1 aromatic rings. The number of aryl methyl sites for hydroxylation is 1. The second kappa shape index (κ2) is 7.15. The minimum atomic E-state index is -0.390. The number of nitrogens with one attached hydrogen (secondary N) is 1. The molecule has 6 heteroatoms. The molecule has 2 fully saturated rings. The summed E-state index contributed by atoms with van der Waals surface area (Å²) in [6.45, 7) is 11.6. The molecule has 1 spiro atoms. The maximum absolute atomic E-state index is 6.17. The summed E-state index contributed by atoms with van der Waals surface area (Å²) in [5.74, 6) is 0.0959. The number of nitrogens with zero attached hydrogens (tertiary/aromatic N) is 1. The van der Waals surface area contributed by atoms with Gasteiger partial charge < -0.3 is 19.5 Å². The quantitative estimate of drug-likeness (QED) is 0.892. The summed E-state index contributed by atoms with van der Waals surface area (Å²) in [6.07, 6.45) is 1.79. The Labute approximate surface area is 142 Å². The summed E-state index contributed by atoms with van der Waals surface area (Å²) in [4.78, 5) is 6.02. The van der Waals surface area contributed by atoms with Crippen molar-refractivity contribution >= 4 is 11.3 Å². The van der Waals surface area contributed by atoms with E-state index in [1.165, 1.54) is 9.88 Å². The van der Waals surface area contributed by atoms with Crippen LogP contribution in [-0.4, -0.2) is 43.2 Å². The van der Waals surface area contributed by atoms with Crippen molar-refractivity contribution in [2.45, 2.75) is 64.4 Å². The number of thiazole rings is 1. The van der Waals surface area contributed by atoms with Gasteiger partial charge in [0.2, 0.25) is 0 Å². The average molecular weight is 340 g/mol. The normalized spacial score (nSPS) is 25.3. The lowest BCUT2D eigenvalue weighted by atomic mass is 10.1. The largest absolute Gasteiger partial charge is 0.381 e. The van der Waals surface area contributed by atoms with Crippen molar-refractivity contribution in [1.29, 1.82) is 0 Å². The van der Waals surface area contributed by atoms with E-state index in [0.29, 0.717) is 12.5 Å². The lowest BCUT2D eigenvalue weighted by Crippen LogP contribution is -2.39. The Morgan fingerprint density at radius 1 is 1.30 bits per heavy atom. The fourth-order valence-electron chi connectivity index (χ4n) is 3.14. The van der Waals surface area contributed by atoms with Crippen LogP contribution in [0, 0.1) is 6.92 Å². The summed E-state index contributed by atoms with van der Waals surface area (Å²) < 4.78 is 17.5. The van der Waals surface area contributed by atoms with Gasteiger partial charge in [0.25, 0.3) is 0 Å². The predicted octanol–water partition coefficient (Wildman–Crippen LogP) is 3.15. The van der Waals surface area contributed by atoms with Gasteiger partial charge in [0, 0.05) is 36.2 Å². The molecule has 5 nitrogen and oxygen atoms in total. The number of hydrogen-bond acceptors (Lipinski definition) is 6. The molecular formula is C17H28N2O3S. The minimum Gasteiger partial charge on any atom is -0.381 e. The molecule has 0 aromatic carbocycles. The van der Waals surface area contributed by atoms with Crippen LogP contribution in [0.1, 0.15) is 61.2 Å². The van der Waals surface area contributed by atoms with Gasteiger partial charge in [-0.2, -0.15) is 0 Å². The SMILES string of the molecule is Cc1nc(C(C)C)sc1C(C)NCC1COC2(CCOCC2)O1. The van der Waals surface area contributed by atoms with Gasteiger partial charge in [-0.3, -0.25) is 0 Å². The molecule has 0 amide bonds. The van der Waals surface area contributed by atoms with Crippen LogP contribution >= 0.6 is 11.3 Å². The fourth-order valence-corrected chi connectivity index (χ4v) is 4.24. The van der Waals surface area contributed by atoms with Gasteiger partial charge in [-0.25, -0.2) is 4.98 Å². The number of hydrogen-bond donors (Lipinski definition) is 1. The van der Waals surface area contributed by atoms with Crippen LogP contribution in [0.4, 0.5) is 0 Å². The van der Waals surface area contributed by atoms with E-state index in [2.05, 4.69) is 38.0 Å². The van der Waals surface area contributed by atoms with Gasteiger partial charge in [-0.05, 0) is 13.8 Å². The van der Waals surface area contributed by atoms with Crippen LogP contribution in [0.5, 0.6) is 0 Å². The molecule has 2 saturated heterocycles. The van der Waals surface area contributed by atoms with Crippen molar-refractivity contribution < 1.29 is 14.2 Å². The molecule has 3 rings (SSSR count). The molecule has 0 aliphatic carbocycles. The second-order valence-electron chi connectivity index (χ2n) is 6.86. The van der Waals surface area contributed by atoms with Crippen molar-refractivity contribution in [3.05, 3.63) is 15.6 Å². The summed E-state index contributed by atoms with van der Waals surface area (Å²) in [5.41, 5.74) is 1.14. The summed E-state index contributed by atoms with van der Waals surface area (Å²) >= 11 is 1.82. The van der Waals surface area contributed by atoms with Gasteiger partial charge in [0.1, 0.15) is 0 Å². The van der Waals surface area contributed by atoms with Gasteiger partial charge in [-0.1, -0.05) is 13.8 Å². The first-order chi connectivity index (χ1) is 11.0. The van der Waals surface area contributed by atoms with E-state index >= 15 is 0 Å². The highest BCUT2D eigenvalue weighted by atomic mass is 32.1. The first-order valence-corrected chi connectivity index (χ1v) is 9.41. The predicted molar refractivity (Wildman–Crippen MR) is 91.0 cm³/mol. The van der Waals surface area contributed by atoms with Crippen molar-refractivity contribution in [1.82, 2.24) is 10.3 Å². The van der Waals surface area contributed by atoms with E-state index in [4.69, 9.17) is 14.2 Å². The van der Waals surface area contributed by atoms with E-state index in [-0.39, 0.29) is 17.9 Å². The van der Waals surface area contributed by atoms with E-state index in [1.807, 2.05) is 11.3 Å².